The second kappa shape index (κ2) is 4.68. The van der Waals surface area contributed by atoms with Gasteiger partial charge in [0.05, 0.1) is 18.5 Å². The number of hydrogen-bond donors (Lipinski definition) is 1. The number of amides is 2. The van der Waals surface area contributed by atoms with Crippen LogP contribution in [0.1, 0.15) is 19.8 Å². The molecular weight excluding hydrogens is 232 g/mol. The van der Waals surface area contributed by atoms with Crippen molar-refractivity contribution in [2.45, 2.75) is 19.8 Å². The first kappa shape index (κ1) is 12.4. The number of piperidine rings is 1. The first-order valence-electron chi connectivity index (χ1n) is 5.82. The Hall–Kier alpha value is -2.04. The van der Waals surface area contributed by atoms with E-state index in [9.17, 15) is 9.59 Å². The molecular formula is C13H16N2O3. The summed E-state index contributed by atoms with van der Waals surface area (Å²) < 4.78 is 5.09. The topological polar surface area (TPSA) is 72.6 Å². The molecule has 1 aromatic rings. The van der Waals surface area contributed by atoms with Crippen LogP contribution in [0.25, 0.3) is 0 Å². The van der Waals surface area contributed by atoms with Crippen molar-refractivity contribution >= 4 is 23.2 Å². The van der Waals surface area contributed by atoms with E-state index in [2.05, 4.69) is 0 Å². The lowest BCUT2D eigenvalue weighted by molar-refractivity contribution is -0.130. The zero-order valence-electron chi connectivity index (χ0n) is 10.5. The van der Waals surface area contributed by atoms with Gasteiger partial charge in [0.2, 0.25) is 11.8 Å². The second-order valence-electron chi connectivity index (χ2n) is 4.56. The Morgan fingerprint density at radius 2 is 1.89 bits per heavy atom. The van der Waals surface area contributed by atoms with Crippen LogP contribution in [-0.4, -0.2) is 18.9 Å². The molecule has 1 aromatic carbocycles. The first-order chi connectivity index (χ1) is 8.52. The highest BCUT2D eigenvalue weighted by Crippen LogP contribution is 2.31. The largest absolute Gasteiger partial charge is 0.495 e. The number of benzene rings is 1. The van der Waals surface area contributed by atoms with Gasteiger partial charge in [-0.2, -0.15) is 0 Å². The quantitative estimate of drug-likeness (QED) is 0.637. The van der Waals surface area contributed by atoms with Crippen molar-refractivity contribution in [3.63, 3.8) is 0 Å². The van der Waals surface area contributed by atoms with Crippen LogP contribution in [0.15, 0.2) is 18.2 Å². The number of methoxy groups -OCH3 is 1. The van der Waals surface area contributed by atoms with Gasteiger partial charge in [-0.25, -0.2) is 0 Å². The standard InChI is InChI=1S/C13H16N2O3/c1-8-5-12(16)15(13(17)6-8)9-3-4-10(14)11(7-9)18-2/h3-4,7-8H,5-6,14H2,1-2H3. The minimum Gasteiger partial charge on any atom is -0.495 e. The molecule has 2 rings (SSSR count). The molecule has 1 fully saturated rings. The Morgan fingerprint density at radius 1 is 1.28 bits per heavy atom. The minimum absolute atomic E-state index is 0.108. The molecule has 1 saturated heterocycles. The number of nitrogen functional groups attached to an aromatic ring is 1. The van der Waals surface area contributed by atoms with Crippen LogP contribution in [0.4, 0.5) is 11.4 Å². The number of ether oxygens (including phenoxy) is 1. The van der Waals surface area contributed by atoms with Gasteiger partial charge >= 0.3 is 0 Å². The fraction of sp³-hybridized carbons (Fsp3) is 0.385. The van der Waals surface area contributed by atoms with Crippen LogP contribution in [0.2, 0.25) is 0 Å². The highest BCUT2D eigenvalue weighted by atomic mass is 16.5. The van der Waals surface area contributed by atoms with Crippen molar-refractivity contribution in [2.24, 2.45) is 5.92 Å². The van der Waals surface area contributed by atoms with Crippen LogP contribution < -0.4 is 15.4 Å². The summed E-state index contributed by atoms with van der Waals surface area (Å²) in [5.41, 5.74) is 6.70. The number of anilines is 2. The van der Waals surface area contributed by atoms with E-state index in [1.807, 2.05) is 6.92 Å². The van der Waals surface area contributed by atoms with Crippen LogP contribution in [0, 0.1) is 5.92 Å². The Balaban J connectivity index is 2.36. The van der Waals surface area contributed by atoms with Gasteiger partial charge in [-0.05, 0) is 18.1 Å². The Labute approximate surface area is 106 Å². The summed E-state index contributed by atoms with van der Waals surface area (Å²) in [6.45, 7) is 1.90. The summed E-state index contributed by atoms with van der Waals surface area (Å²) >= 11 is 0. The van der Waals surface area contributed by atoms with Gasteiger partial charge in [-0.3, -0.25) is 14.5 Å². The predicted octanol–water partition coefficient (Wildman–Crippen LogP) is 1.57. The molecule has 0 aromatic heterocycles. The lowest BCUT2D eigenvalue weighted by Gasteiger charge is -2.28. The SMILES string of the molecule is COc1cc(N2C(=O)CC(C)CC2=O)ccc1N. The van der Waals surface area contributed by atoms with Gasteiger partial charge in [0, 0.05) is 18.9 Å². The maximum Gasteiger partial charge on any atom is 0.234 e. The minimum atomic E-state index is -0.175. The number of nitrogens with two attached hydrogens (primary N) is 1. The van der Waals surface area contributed by atoms with Gasteiger partial charge in [0.1, 0.15) is 5.75 Å². The van der Waals surface area contributed by atoms with Gasteiger partial charge in [0.15, 0.2) is 0 Å². The van der Waals surface area contributed by atoms with Crippen LogP contribution >= 0.6 is 0 Å². The fourth-order valence-electron chi connectivity index (χ4n) is 2.12. The van der Waals surface area contributed by atoms with Crippen molar-refractivity contribution in [1.82, 2.24) is 0 Å². The van der Waals surface area contributed by atoms with Crippen molar-refractivity contribution in [2.75, 3.05) is 17.7 Å². The number of rotatable bonds is 2. The predicted molar refractivity (Wildman–Crippen MR) is 68.3 cm³/mol. The summed E-state index contributed by atoms with van der Waals surface area (Å²) in [6.07, 6.45) is 0.775. The second-order valence-corrected chi connectivity index (χ2v) is 4.56. The summed E-state index contributed by atoms with van der Waals surface area (Å²) in [5, 5.41) is 0. The highest BCUT2D eigenvalue weighted by molar-refractivity contribution is 6.16. The monoisotopic (exact) mass is 248 g/mol. The Morgan fingerprint density at radius 3 is 2.44 bits per heavy atom. The lowest BCUT2D eigenvalue weighted by atomic mass is 9.97. The molecule has 5 nitrogen and oxygen atoms in total. The van der Waals surface area contributed by atoms with E-state index >= 15 is 0 Å². The molecule has 1 aliphatic rings. The highest BCUT2D eigenvalue weighted by Gasteiger charge is 2.31. The zero-order chi connectivity index (χ0) is 13.3. The van der Waals surface area contributed by atoms with E-state index in [1.165, 1.54) is 12.0 Å². The fourth-order valence-corrected chi connectivity index (χ4v) is 2.12. The third-order valence-corrected chi connectivity index (χ3v) is 3.02. The Kier molecular flexibility index (Phi) is 3.23. The number of hydrogen-bond acceptors (Lipinski definition) is 4. The van der Waals surface area contributed by atoms with E-state index in [-0.39, 0.29) is 17.7 Å². The van der Waals surface area contributed by atoms with Crippen LogP contribution in [0.3, 0.4) is 0 Å². The van der Waals surface area contributed by atoms with E-state index in [0.717, 1.165) is 0 Å². The smallest absolute Gasteiger partial charge is 0.234 e. The normalized spacial score (nSPS) is 17.1. The van der Waals surface area contributed by atoms with Gasteiger partial charge in [0.25, 0.3) is 0 Å². The van der Waals surface area contributed by atoms with E-state index in [4.69, 9.17) is 10.5 Å². The van der Waals surface area contributed by atoms with Crippen molar-refractivity contribution in [3.05, 3.63) is 18.2 Å². The first-order valence-corrected chi connectivity index (χ1v) is 5.82. The van der Waals surface area contributed by atoms with Gasteiger partial charge in [-0.1, -0.05) is 6.92 Å². The van der Waals surface area contributed by atoms with Crippen molar-refractivity contribution in [1.29, 1.82) is 0 Å². The molecule has 0 radical (unpaired) electrons. The van der Waals surface area contributed by atoms with Crippen molar-refractivity contribution in [3.8, 4) is 5.75 Å². The van der Waals surface area contributed by atoms with Crippen LogP contribution in [-0.2, 0) is 9.59 Å². The molecule has 0 aliphatic carbocycles. The van der Waals surface area contributed by atoms with Crippen LogP contribution in [0.5, 0.6) is 5.75 Å². The summed E-state index contributed by atoms with van der Waals surface area (Å²) in [5.74, 6) is 0.222. The molecule has 1 aliphatic heterocycles. The molecule has 2 amide bonds. The Bertz CT molecular complexity index is 481. The van der Waals surface area contributed by atoms with E-state index in [1.54, 1.807) is 18.2 Å². The van der Waals surface area contributed by atoms with E-state index < -0.39 is 0 Å². The summed E-state index contributed by atoms with van der Waals surface area (Å²) in [4.78, 5) is 25.1. The lowest BCUT2D eigenvalue weighted by Crippen LogP contribution is -2.42. The van der Waals surface area contributed by atoms with Crippen molar-refractivity contribution < 1.29 is 14.3 Å². The van der Waals surface area contributed by atoms with E-state index in [0.29, 0.717) is 30.0 Å². The average Bonchev–Trinajstić information content (AvgIpc) is 2.30. The molecule has 5 heteroatoms. The molecule has 2 N–H and O–H groups in total. The number of imide groups is 1. The molecule has 0 atom stereocenters. The number of carbonyl (C=O) groups excluding carboxylic acids is 2. The number of carbonyl (C=O) groups is 2. The molecule has 0 bridgehead atoms. The molecule has 18 heavy (non-hydrogen) atoms. The third kappa shape index (κ3) is 2.16. The molecule has 0 unspecified atom stereocenters. The maximum absolute atomic E-state index is 11.9. The molecule has 96 valence electrons. The maximum atomic E-state index is 11.9. The third-order valence-electron chi connectivity index (χ3n) is 3.02. The van der Waals surface area contributed by atoms with Gasteiger partial charge in [-0.15, -0.1) is 0 Å². The average molecular weight is 248 g/mol. The van der Waals surface area contributed by atoms with Gasteiger partial charge < -0.3 is 10.5 Å². The molecule has 0 saturated carbocycles. The zero-order valence-corrected chi connectivity index (χ0v) is 10.5. The molecule has 0 spiro atoms. The number of nitrogens with zero attached hydrogens (tertiary/aromatic N) is 1. The molecule has 1 heterocycles. The summed E-state index contributed by atoms with van der Waals surface area (Å²) in [6, 6.07) is 4.90. The summed E-state index contributed by atoms with van der Waals surface area (Å²) in [7, 11) is 1.50.